The number of aryl methyl sites for hydroxylation is 2. The van der Waals surface area contributed by atoms with Crippen LogP contribution in [0.4, 0.5) is 0 Å². The molecule has 0 aliphatic carbocycles. The summed E-state index contributed by atoms with van der Waals surface area (Å²) in [6, 6.07) is 4.51. The van der Waals surface area contributed by atoms with Crippen LogP contribution in [0.15, 0.2) is 18.3 Å². The number of hydrogen-bond donors (Lipinski definition) is 2. The maximum absolute atomic E-state index is 3.38. The number of aromatic nitrogens is 1. The Morgan fingerprint density at radius 3 is 2.81 bits per heavy atom. The van der Waals surface area contributed by atoms with Crippen molar-refractivity contribution in [1.82, 2.24) is 10.3 Å². The number of hydrogen-bond acceptors (Lipinski definition) is 1. The smallest absolute Gasteiger partial charge is 0.0486 e. The third kappa shape index (κ3) is 2.12. The molecule has 1 heterocycles. The summed E-state index contributed by atoms with van der Waals surface area (Å²) in [4.78, 5) is 3.38. The molecule has 2 aromatic rings. The molecule has 16 heavy (non-hydrogen) atoms. The van der Waals surface area contributed by atoms with Crippen molar-refractivity contribution in [1.29, 1.82) is 0 Å². The van der Waals surface area contributed by atoms with Crippen LogP contribution >= 0.6 is 0 Å². The van der Waals surface area contributed by atoms with E-state index in [-0.39, 0.29) is 0 Å². The first-order valence-electron chi connectivity index (χ1n) is 6.00. The molecule has 0 aliphatic rings. The van der Waals surface area contributed by atoms with Crippen molar-refractivity contribution >= 4 is 10.9 Å². The third-order valence-corrected chi connectivity index (χ3v) is 3.04. The minimum atomic E-state index is 1.04. The minimum Gasteiger partial charge on any atom is -0.361 e. The van der Waals surface area contributed by atoms with Crippen LogP contribution in [-0.2, 0) is 6.42 Å². The Morgan fingerprint density at radius 1 is 1.25 bits per heavy atom. The van der Waals surface area contributed by atoms with Gasteiger partial charge in [-0.3, -0.25) is 0 Å². The lowest BCUT2D eigenvalue weighted by molar-refractivity contribution is 0.718. The number of H-pyrrole nitrogens is 1. The topological polar surface area (TPSA) is 27.8 Å². The molecule has 0 saturated carbocycles. The number of aromatic amines is 1. The molecule has 1 aromatic carbocycles. The molecular weight excluding hydrogens is 196 g/mol. The summed E-state index contributed by atoms with van der Waals surface area (Å²) in [7, 11) is 0. The Morgan fingerprint density at radius 2 is 2.06 bits per heavy atom. The van der Waals surface area contributed by atoms with Crippen molar-refractivity contribution in [3.63, 3.8) is 0 Å². The van der Waals surface area contributed by atoms with E-state index >= 15 is 0 Å². The second-order valence-corrected chi connectivity index (χ2v) is 4.42. The maximum Gasteiger partial charge on any atom is 0.0486 e. The van der Waals surface area contributed by atoms with Crippen molar-refractivity contribution in [2.24, 2.45) is 0 Å². The van der Waals surface area contributed by atoms with E-state index < -0.39 is 0 Å². The summed E-state index contributed by atoms with van der Waals surface area (Å²) < 4.78 is 0. The van der Waals surface area contributed by atoms with Crippen molar-refractivity contribution < 1.29 is 0 Å². The standard InChI is InChI=1S/C14H20N2/c1-4-15-6-5-12-9-16-14-11(3)7-10(2)8-13(12)14/h7-9,15-16H,4-6H2,1-3H3. The quantitative estimate of drug-likeness (QED) is 0.756. The third-order valence-electron chi connectivity index (χ3n) is 3.04. The molecule has 0 unspecified atom stereocenters. The van der Waals surface area contributed by atoms with E-state index in [4.69, 9.17) is 0 Å². The Balaban J connectivity index is 2.32. The Kier molecular flexibility index (Phi) is 3.30. The number of benzene rings is 1. The normalized spacial score (nSPS) is 11.2. The van der Waals surface area contributed by atoms with E-state index in [9.17, 15) is 0 Å². The van der Waals surface area contributed by atoms with Crippen molar-refractivity contribution in [2.45, 2.75) is 27.2 Å². The van der Waals surface area contributed by atoms with E-state index in [1.165, 1.54) is 27.6 Å². The van der Waals surface area contributed by atoms with E-state index in [2.05, 4.69) is 49.4 Å². The molecule has 0 saturated heterocycles. The summed E-state index contributed by atoms with van der Waals surface area (Å²) in [5.74, 6) is 0. The number of nitrogens with one attached hydrogen (secondary N) is 2. The second kappa shape index (κ2) is 4.71. The Bertz CT molecular complexity index is 483. The lowest BCUT2D eigenvalue weighted by Gasteiger charge is -2.03. The summed E-state index contributed by atoms with van der Waals surface area (Å²) in [6.45, 7) is 8.56. The molecule has 2 heteroatoms. The van der Waals surface area contributed by atoms with Crippen LogP contribution in [-0.4, -0.2) is 18.1 Å². The monoisotopic (exact) mass is 216 g/mol. The predicted octanol–water partition coefficient (Wildman–Crippen LogP) is 2.94. The van der Waals surface area contributed by atoms with Gasteiger partial charge in [-0.25, -0.2) is 0 Å². The molecule has 0 bridgehead atoms. The van der Waals surface area contributed by atoms with Crippen molar-refractivity contribution in [3.8, 4) is 0 Å². The highest BCUT2D eigenvalue weighted by Gasteiger charge is 2.05. The predicted molar refractivity (Wildman–Crippen MR) is 70.0 cm³/mol. The minimum absolute atomic E-state index is 1.04. The SMILES string of the molecule is CCNCCc1c[nH]c2c(C)cc(C)cc12. The molecule has 2 N–H and O–H groups in total. The van der Waals surface area contributed by atoms with Gasteiger partial charge in [0.1, 0.15) is 0 Å². The van der Waals surface area contributed by atoms with Gasteiger partial charge in [0.05, 0.1) is 0 Å². The van der Waals surface area contributed by atoms with Gasteiger partial charge in [0.2, 0.25) is 0 Å². The van der Waals surface area contributed by atoms with Gasteiger partial charge in [0.25, 0.3) is 0 Å². The molecule has 2 rings (SSSR count). The highest BCUT2D eigenvalue weighted by Crippen LogP contribution is 2.23. The van der Waals surface area contributed by atoms with Crippen LogP contribution in [0.1, 0.15) is 23.6 Å². The van der Waals surface area contributed by atoms with Gasteiger partial charge in [-0.05, 0) is 50.6 Å². The van der Waals surface area contributed by atoms with E-state index in [0.29, 0.717) is 0 Å². The zero-order valence-electron chi connectivity index (χ0n) is 10.4. The van der Waals surface area contributed by atoms with E-state index in [0.717, 1.165) is 19.5 Å². The zero-order valence-corrected chi connectivity index (χ0v) is 10.4. The lowest BCUT2D eigenvalue weighted by Crippen LogP contribution is -2.15. The molecule has 0 amide bonds. The van der Waals surface area contributed by atoms with Gasteiger partial charge in [-0.15, -0.1) is 0 Å². The van der Waals surface area contributed by atoms with Crippen LogP contribution in [0.25, 0.3) is 10.9 Å². The molecule has 0 aliphatic heterocycles. The first-order chi connectivity index (χ1) is 7.72. The summed E-state index contributed by atoms with van der Waals surface area (Å²) in [5.41, 5.74) is 5.39. The summed E-state index contributed by atoms with van der Waals surface area (Å²) in [6.07, 6.45) is 3.24. The number of rotatable bonds is 4. The van der Waals surface area contributed by atoms with E-state index in [1.54, 1.807) is 0 Å². The lowest BCUT2D eigenvalue weighted by atomic mass is 10.0. The molecule has 1 aromatic heterocycles. The van der Waals surface area contributed by atoms with Crippen LogP contribution < -0.4 is 5.32 Å². The van der Waals surface area contributed by atoms with Crippen molar-refractivity contribution in [2.75, 3.05) is 13.1 Å². The van der Waals surface area contributed by atoms with E-state index in [1.807, 2.05) is 0 Å². The number of likely N-dealkylation sites (N-methyl/N-ethyl adjacent to an activating group) is 1. The molecule has 86 valence electrons. The van der Waals surface area contributed by atoms with Crippen LogP contribution in [0.2, 0.25) is 0 Å². The van der Waals surface area contributed by atoms with Gasteiger partial charge in [-0.2, -0.15) is 0 Å². The first-order valence-corrected chi connectivity index (χ1v) is 6.00. The Hall–Kier alpha value is -1.28. The Labute approximate surface area is 97.1 Å². The van der Waals surface area contributed by atoms with Crippen LogP contribution in [0.5, 0.6) is 0 Å². The highest BCUT2D eigenvalue weighted by atomic mass is 14.8. The average molecular weight is 216 g/mol. The van der Waals surface area contributed by atoms with Gasteiger partial charge < -0.3 is 10.3 Å². The fourth-order valence-electron chi connectivity index (χ4n) is 2.26. The molecule has 0 radical (unpaired) electrons. The fraction of sp³-hybridized carbons (Fsp3) is 0.429. The molecular formula is C14H20N2. The fourth-order valence-corrected chi connectivity index (χ4v) is 2.26. The first kappa shape index (κ1) is 11.2. The molecule has 2 nitrogen and oxygen atoms in total. The summed E-state index contributed by atoms with van der Waals surface area (Å²) >= 11 is 0. The molecule has 0 fully saturated rings. The van der Waals surface area contributed by atoms with Gasteiger partial charge in [0.15, 0.2) is 0 Å². The van der Waals surface area contributed by atoms with Crippen molar-refractivity contribution in [3.05, 3.63) is 35.0 Å². The second-order valence-electron chi connectivity index (χ2n) is 4.42. The number of fused-ring (bicyclic) bond motifs is 1. The maximum atomic E-state index is 3.38. The molecule has 0 atom stereocenters. The van der Waals surface area contributed by atoms with Gasteiger partial charge in [-0.1, -0.05) is 18.6 Å². The average Bonchev–Trinajstić information content (AvgIpc) is 2.62. The van der Waals surface area contributed by atoms with Gasteiger partial charge >= 0.3 is 0 Å². The highest BCUT2D eigenvalue weighted by molar-refractivity contribution is 5.86. The largest absolute Gasteiger partial charge is 0.361 e. The zero-order chi connectivity index (χ0) is 11.5. The summed E-state index contributed by atoms with van der Waals surface area (Å²) in [5, 5.41) is 4.75. The van der Waals surface area contributed by atoms with Crippen LogP contribution in [0.3, 0.4) is 0 Å². The van der Waals surface area contributed by atoms with Crippen LogP contribution in [0, 0.1) is 13.8 Å². The van der Waals surface area contributed by atoms with Gasteiger partial charge in [0, 0.05) is 17.1 Å². The molecule has 0 spiro atoms.